The fraction of sp³-hybridized carbons (Fsp3) is 0.500. The first-order valence-corrected chi connectivity index (χ1v) is 5.59. The van der Waals surface area contributed by atoms with E-state index < -0.39 is 12.6 Å². The topological polar surface area (TPSA) is 38.0 Å². The molecule has 3 N–H and O–H groups in total. The molecule has 0 radical (unpaired) electrons. The molecule has 0 aliphatic rings. The van der Waals surface area contributed by atoms with Crippen molar-refractivity contribution in [2.24, 2.45) is 0 Å². The normalized spacial score (nSPS) is 11.7. The number of nitrogens with two attached hydrogens (primary N) is 1. The lowest BCUT2D eigenvalue weighted by molar-refractivity contribution is -0.133. The number of aryl methyl sites for hydroxylation is 1. The Morgan fingerprint density at radius 1 is 1.06 bits per heavy atom. The molecule has 2 nitrogen and oxygen atoms in total. The molecule has 0 bridgehead atoms. The van der Waals surface area contributed by atoms with Crippen molar-refractivity contribution in [3.8, 4) is 0 Å². The molecule has 1 aromatic rings. The molecule has 0 aromatic heterocycles. The van der Waals surface area contributed by atoms with E-state index in [9.17, 15) is 13.2 Å². The van der Waals surface area contributed by atoms with Gasteiger partial charge in [0.2, 0.25) is 0 Å². The van der Waals surface area contributed by atoms with Crippen molar-refractivity contribution in [1.29, 1.82) is 0 Å². The van der Waals surface area contributed by atoms with Gasteiger partial charge < -0.3 is 11.1 Å². The molecule has 0 unspecified atom stereocenters. The largest absolute Gasteiger partial charge is 0.399 e. The summed E-state index contributed by atoms with van der Waals surface area (Å²) in [5.74, 6) is 0. The minimum absolute atomic E-state index is 0.00869. The van der Waals surface area contributed by atoms with Gasteiger partial charge in [-0.1, -0.05) is 12.1 Å². The first-order valence-electron chi connectivity index (χ1n) is 5.59. The van der Waals surface area contributed by atoms with E-state index in [-0.39, 0.29) is 6.54 Å². The van der Waals surface area contributed by atoms with Crippen molar-refractivity contribution in [3.05, 3.63) is 29.8 Å². The van der Waals surface area contributed by atoms with Crippen LogP contribution in [0.5, 0.6) is 0 Å². The quantitative estimate of drug-likeness (QED) is 0.598. The summed E-state index contributed by atoms with van der Waals surface area (Å²) >= 11 is 0. The minimum atomic E-state index is -4.07. The third-order valence-corrected chi connectivity index (χ3v) is 2.38. The van der Waals surface area contributed by atoms with Crippen LogP contribution in [0.1, 0.15) is 18.4 Å². The molecule has 0 atom stereocenters. The van der Waals surface area contributed by atoms with Crippen LogP contribution in [-0.4, -0.2) is 19.3 Å². The van der Waals surface area contributed by atoms with Gasteiger partial charge in [-0.25, -0.2) is 0 Å². The third-order valence-electron chi connectivity index (χ3n) is 2.38. The minimum Gasteiger partial charge on any atom is -0.399 e. The molecule has 0 spiro atoms. The van der Waals surface area contributed by atoms with Gasteiger partial charge in [-0.15, -0.1) is 0 Å². The second-order valence-corrected chi connectivity index (χ2v) is 3.96. The summed E-state index contributed by atoms with van der Waals surface area (Å²) in [4.78, 5) is 0. The molecule has 0 saturated heterocycles. The molecular weight excluding hydrogens is 229 g/mol. The third kappa shape index (κ3) is 6.84. The zero-order chi connectivity index (χ0) is 12.7. The number of nitrogens with one attached hydrogen (secondary N) is 1. The zero-order valence-electron chi connectivity index (χ0n) is 9.56. The van der Waals surface area contributed by atoms with E-state index >= 15 is 0 Å². The van der Waals surface area contributed by atoms with Crippen LogP contribution in [0.2, 0.25) is 0 Å². The van der Waals surface area contributed by atoms with Gasteiger partial charge in [-0.2, -0.15) is 13.2 Å². The van der Waals surface area contributed by atoms with Crippen molar-refractivity contribution in [2.75, 3.05) is 18.8 Å². The summed E-state index contributed by atoms with van der Waals surface area (Å²) in [6.45, 7) is 0.589. The average Bonchev–Trinajstić information content (AvgIpc) is 2.24. The molecule has 1 rings (SSSR count). The smallest absolute Gasteiger partial charge is 0.390 e. The van der Waals surface area contributed by atoms with E-state index in [0.29, 0.717) is 6.54 Å². The lowest BCUT2D eigenvalue weighted by Crippen LogP contribution is -2.22. The predicted octanol–water partition coefficient (Wildman–Crippen LogP) is 2.74. The first-order chi connectivity index (χ1) is 7.97. The molecule has 0 aliphatic carbocycles. The number of alkyl halides is 3. The number of hydrogen-bond donors (Lipinski definition) is 2. The van der Waals surface area contributed by atoms with Crippen LogP contribution >= 0.6 is 0 Å². The number of rotatable bonds is 6. The van der Waals surface area contributed by atoms with E-state index in [1.807, 2.05) is 24.3 Å². The standard InChI is InChI=1S/C12H17F3N2/c13-12(14,15)7-9-17-8-1-2-10-3-5-11(16)6-4-10/h3-6,17H,1-2,7-9,16H2. The number of benzene rings is 1. The molecule has 96 valence electrons. The molecule has 5 heteroatoms. The lowest BCUT2D eigenvalue weighted by Gasteiger charge is -2.07. The van der Waals surface area contributed by atoms with E-state index in [1.165, 1.54) is 0 Å². The fourth-order valence-electron chi connectivity index (χ4n) is 1.46. The second kappa shape index (κ2) is 6.49. The number of halogens is 3. The predicted molar refractivity (Wildman–Crippen MR) is 62.7 cm³/mol. The van der Waals surface area contributed by atoms with Crippen LogP contribution in [0, 0.1) is 0 Å². The van der Waals surface area contributed by atoms with Crippen molar-refractivity contribution < 1.29 is 13.2 Å². The molecule has 0 fully saturated rings. The fourth-order valence-corrected chi connectivity index (χ4v) is 1.46. The van der Waals surface area contributed by atoms with E-state index in [4.69, 9.17) is 5.73 Å². The molecular formula is C12H17F3N2. The molecule has 17 heavy (non-hydrogen) atoms. The SMILES string of the molecule is Nc1ccc(CCCNCCC(F)(F)F)cc1. The summed E-state index contributed by atoms with van der Waals surface area (Å²) in [7, 11) is 0. The Hall–Kier alpha value is -1.23. The van der Waals surface area contributed by atoms with Gasteiger partial charge in [0.15, 0.2) is 0 Å². The molecule has 1 aromatic carbocycles. The highest BCUT2D eigenvalue weighted by Gasteiger charge is 2.25. The number of hydrogen-bond acceptors (Lipinski definition) is 2. The van der Waals surface area contributed by atoms with Crippen LogP contribution in [0.4, 0.5) is 18.9 Å². The van der Waals surface area contributed by atoms with Crippen molar-refractivity contribution >= 4 is 5.69 Å². The zero-order valence-corrected chi connectivity index (χ0v) is 9.56. The molecule has 0 aliphatic heterocycles. The van der Waals surface area contributed by atoms with Gasteiger partial charge in [-0.3, -0.25) is 0 Å². The Labute approximate surface area is 99.0 Å². The average molecular weight is 246 g/mol. The Morgan fingerprint density at radius 2 is 1.71 bits per heavy atom. The van der Waals surface area contributed by atoms with Gasteiger partial charge in [0.25, 0.3) is 0 Å². The summed E-state index contributed by atoms with van der Waals surface area (Å²) in [5.41, 5.74) is 7.41. The van der Waals surface area contributed by atoms with Crippen molar-refractivity contribution in [3.63, 3.8) is 0 Å². The molecule has 0 amide bonds. The highest BCUT2D eigenvalue weighted by atomic mass is 19.4. The van der Waals surface area contributed by atoms with Gasteiger partial charge in [0, 0.05) is 12.2 Å². The van der Waals surface area contributed by atoms with Crippen LogP contribution < -0.4 is 11.1 Å². The Morgan fingerprint density at radius 3 is 2.29 bits per heavy atom. The summed E-state index contributed by atoms with van der Waals surface area (Å²) in [6.07, 6.45) is -3.17. The highest BCUT2D eigenvalue weighted by molar-refractivity contribution is 5.39. The highest BCUT2D eigenvalue weighted by Crippen LogP contribution is 2.18. The van der Waals surface area contributed by atoms with Crippen molar-refractivity contribution in [2.45, 2.75) is 25.4 Å². The van der Waals surface area contributed by atoms with E-state index in [1.54, 1.807) is 0 Å². The van der Waals surface area contributed by atoms with E-state index in [2.05, 4.69) is 5.32 Å². The van der Waals surface area contributed by atoms with Crippen LogP contribution in [0.3, 0.4) is 0 Å². The lowest BCUT2D eigenvalue weighted by atomic mass is 10.1. The molecule has 0 heterocycles. The van der Waals surface area contributed by atoms with Crippen LogP contribution in [-0.2, 0) is 6.42 Å². The summed E-state index contributed by atoms with van der Waals surface area (Å²) < 4.78 is 35.4. The number of anilines is 1. The second-order valence-electron chi connectivity index (χ2n) is 3.96. The maximum absolute atomic E-state index is 11.8. The van der Waals surface area contributed by atoms with Crippen LogP contribution in [0.25, 0.3) is 0 Å². The van der Waals surface area contributed by atoms with E-state index in [0.717, 1.165) is 24.1 Å². The van der Waals surface area contributed by atoms with Gasteiger partial charge >= 0.3 is 6.18 Å². The van der Waals surface area contributed by atoms with Gasteiger partial charge in [0.05, 0.1) is 6.42 Å². The number of nitrogen functional groups attached to an aromatic ring is 1. The van der Waals surface area contributed by atoms with Gasteiger partial charge in [0.1, 0.15) is 0 Å². The maximum Gasteiger partial charge on any atom is 0.390 e. The van der Waals surface area contributed by atoms with Crippen LogP contribution in [0.15, 0.2) is 24.3 Å². The Balaban J connectivity index is 2.07. The Kier molecular flexibility index (Phi) is 5.28. The monoisotopic (exact) mass is 246 g/mol. The summed E-state index contributed by atoms with van der Waals surface area (Å²) in [6, 6.07) is 7.52. The van der Waals surface area contributed by atoms with Gasteiger partial charge in [-0.05, 0) is 37.1 Å². The first kappa shape index (κ1) is 13.8. The Bertz CT molecular complexity index is 320. The summed E-state index contributed by atoms with van der Waals surface area (Å²) in [5, 5.41) is 2.78. The van der Waals surface area contributed by atoms with Crippen molar-refractivity contribution in [1.82, 2.24) is 5.32 Å². The maximum atomic E-state index is 11.8. The molecule has 0 saturated carbocycles.